The topological polar surface area (TPSA) is 27.3 Å². The Labute approximate surface area is 136 Å². The Morgan fingerprint density at radius 2 is 1.32 bits per heavy atom. The molecule has 4 fully saturated rings. The molecule has 0 aromatic rings. The van der Waals surface area contributed by atoms with Gasteiger partial charge >= 0.3 is 0 Å². The molecule has 4 rings (SSSR count). The summed E-state index contributed by atoms with van der Waals surface area (Å²) in [5, 5.41) is 2.79. The van der Waals surface area contributed by atoms with Crippen molar-refractivity contribution >= 4 is 0 Å². The number of nitrogens with zero attached hydrogens (tertiary/aromatic N) is 1. The third-order valence-electron chi connectivity index (χ3n) is 7.48. The van der Waals surface area contributed by atoms with Gasteiger partial charge in [-0.25, -0.2) is 10.4 Å². The zero-order valence-corrected chi connectivity index (χ0v) is 14.3. The molecule has 0 radical (unpaired) electrons. The van der Waals surface area contributed by atoms with Crippen molar-refractivity contribution in [3.63, 3.8) is 0 Å². The lowest BCUT2D eigenvalue weighted by molar-refractivity contribution is -0.135. The van der Waals surface area contributed by atoms with Crippen molar-refractivity contribution in [1.82, 2.24) is 16.0 Å². The lowest BCUT2D eigenvalue weighted by Crippen LogP contribution is -2.71. The van der Waals surface area contributed by atoms with Crippen molar-refractivity contribution in [2.45, 2.75) is 108 Å². The van der Waals surface area contributed by atoms with Gasteiger partial charge < -0.3 is 0 Å². The summed E-state index contributed by atoms with van der Waals surface area (Å²) in [6, 6.07) is 0.785. The van der Waals surface area contributed by atoms with Gasteiger partial charge in [-0.15, -0.1) is 0 Å². The molecule has 1 saturated heterocycles. The number of rotatable bonds is 1. The predicted octanol–water partition coefficient (Wildman–Crippen LogP) is 4.30. The summed E-state index contributed by atoms with van der Waals surface area (Å²) >= 11 is 0. The molecular weight excluding hydrogens is 270 g/mol. The van der Waals surface area contributed by atoms with Crippen LogP contribution in [0.4, 0.5) is 0 Å². The fraction of sp³-hybridized carbons (Fsp3) is 1.00. The predicted molar refractivity (Wildman–Crippen MR) is 91.2 cm³/mol. The van der Waals surface area contributed by atoms with Crippen molar-refractivity contribution in [3.8, 4) is 0 Å². The Morgan fingerprint density at radius 1 is 0.682 bits per heavy atom. The summed E-state index contributed by atoms with van der Waals surface area (Å²) in [5.41, 5.74) is 8.31. The van der Waals surface area contributed by atoms with Crippen LogP contribution in [0.1, 0.15) is 96.3 Å². The van der Waals surface area contributed by atoms with Gasteiger partial charge in [-0.2, -0.15) is 5.53 Å². The van der Waals surface area contributed by atoms with E-state index in [4.69, 9.17) is 0 Å². The van der Waals surface area contributed by atoms with Gasteiger partial charge in [-0.05, 0) is 50.4 Å². The zero-order chi connectivity index (χ0) is 14.9. The molecule has 1 atom stereocenters. The summed E-state index contributed by atoms with van der Waals surface area (Å²) in [7, 11) is 0. The second kappa shape index (κ2) is 6.41. The highest BCUT2D eigenvalue weighted by atomic mass is 15.7. The molecule has 2 spiro atoms. The molecule has 3 nitrogen and oxygen atoms in total. The minimum absolute atomic E-state index is 0.468. The third kappa shape index (κ3) is 2.63. The third-order valence-corrected chi connectivity index (χ3v) is 7.48. The quantitative estimate of drug-likeness (QED) is 0.756. The fourth-order valence-corrected chi connectivity index (χ4v) is 6.31. The fourth-order valence-electron chi connectivity index (χ4n) is 6.31. The molecule has 0 aromatic heterocycles. The van der Waals surface area contributed by atoms with E-state index in [1.807, 2.05) is 0 Å². The monoisotopic (exact) mass is 305 g/mol. The van der Waals surface area contributed by atoms with Crippen LogP contribution in [0.25, 0.3) is 0 Å². The van der Waals surface area contributed by atoms with Gasteiger partial charge in [0.15, 0.2) is 0 Å². The Morgan fingerprint density at radius 3 is 2.05 bits per heavy atom. The molecule has 3 aliphatic carbocycles. The van der Waals surface area contributed by atoms with Crippen LogP contribution in [-0.4, -0.2) is 23.1 Å². The highest BCUT2D eigenvalue weighted by molar-refractivity contribution is 5.03. The maximum Gasteiger partial charge on any atom is 0.0383 e. The molecule has 3 saturated carbocycles. The van der Waals surface area contributed by atoms with E-state index in [0.717, 1.165) is 12.6 Å². The first kappa shape index (κ1) is 15.4. The van der Waals surface area contributed by atoms with Gasteiger partial charge in [-0.1, -0.05) is 51.4 Å². The molecule has 2 N–H and O–H groups in total. The lowest BCUT2D eigenvalue weighted by atomic mass is 9.61. The van der Waals surface area contributed by atoms with Crippen molar-refractivity contribution in [2.75, 3.05) is 6.54 Å². The zero-order valence-electron chi connectivity index (χ0n) is 14.3. The van der Waals surface area contributed by atoms with Crippen LogP contribution in [0, 0.1) is 5.41 Å². The van der Waals surface area contributed by atoms with Crippen LogP contribution in [-0.2, 0) is 0 Å². The number of nitrogens with one attached hydrogen (secondary N) is 2. The van der Waals surface area contributed by atoms with Gasteiger partial charge in [0.1, 0.15) is 0 Å². The molecule has 0 amide bonds. The SMILES string of the molecule is C1CCC2(CC1)CCCCC2N1NNCCC12CCCCC2. The van der Waals surface area contributed by atoms with Crippen molar-refractivity contribution in [1.29, 1.82) is 0 Å². The van der Waals surface area contributed by atoms with Crippen molar-refractivity contribution < 1.29 is 0 Å². The molecular formula is C19H35N3. The first-order valence-corrected chi connectivity index (χ1v) is 10.1. The van der Waals surface area contributed by atoms with Gasteiger partial charge in [0.2, 0.25) is 0 Å². The second-order valence-electron chi connectivity index (χ2n) is 8.63. The Kier molecular flexibility index (Phi) is 4.49. The average molecular weight is 306 g/mol. The van der Waals surface area contributed by atoms with E-state index in [9.17, 15) is 0 Å². The Hall–Kier alpha value is -0.120. The number of hydrogen-bond donors (Lipinski definition) is 2. The molecule has 1 heterocycles. The average Bonchev–Trinajstić information content (AvgIpc) is 2.58. The van der Waals surface area contributed by atoms with Gasteiger partial charge in [0.05, 0.1) is 0 Å². The van der Waals surface area contributed by atoms with E-state index in [-0.39, 0.29) is 0 Å². The molecule has 3 heteroatoms. The largest absolute Gasteiger partial charge is 0.244 e. The smallest absolute Gasteiger partial charge is 0.0383 e. The highest BCUT2D eigenvalue weighted by Gasteiger charge is 2.51. The molecule has 0 aromatic carbocycles. The summed E-state index contributed by atoms with van der Waals surface area (Å²) < 4.78 is 0. The van der Waals surface area contributed by atoms with Gasteiger partial charge in [-0.3, -0.25) is 0 Å². The maximum absolute atomic E-state index is 3.70. The van der Waals surface area contributed by atoms with E-state index in [1.54, 1.807) is 0 Å². The normalized spacial score (nSPS) is 35.7. The molecule has 0 bridgehead atoms. The second-order valence-corrected chi connectivity index (χ2v) is 8.63. The van der Waals surface area contributed by atoms with E-state index in [0.29, 0.717) is 11.0 Å². The minimum Gasteiger partial charge on any atom is -0.244 e. The minimum atomic E-state index is 0.468. The highest BCUT2D eigenvalue weighted by Crippen LogP contribution is 2.52. The van der Waals surface area contributed by atoms with Crippen molar-refractivity contribution in [3.05, 3.63) is 0 Å². The van der Waals surface area contributed by atoms with E-state index < -0.39 is 0 Å². The van der Waals surface area contributed by atoms with Gasteiger partial charge in [0.25, 0.3) is 0 Å². The summed E-state index contributed by atoms with van der Waals surface area (Å²) in [6.07, 6.45) is 21.8. The van der Waals surface area contributed by atoms with Crippen LogP contribution >= 0.6 is 0 Å². The van der Waals surface area contributed by atoms with Gasteiger partial charge in [0, 0.05) is 18.1 Å². The molecule has 1 aliphatic heterocycles. The van der Waals surface area contributed by atoms with Crippen LogP contribution in [0.3, 0.4) is 0 Å². The van der Waals surface area contributed by atoms with E-state index in [1.165, 1.54) is 96.3 Å². The van der Waals surface area contributed by atoms with E-state index >= 15 is 0 Å². The van der Waals surface area contributed by atoms with Crippen LogP contribution in [0.15, 0.2) is 0 Å². The van der Waals surface area contributed by atoms with E-state index in [2.05, 4.69) is 16.0 Å². The molecule has 126 valence electrons. The summed E-state index contributed by atoms with van der Waals surface area (Å²) in [6.45, 7) is 1.15. The molecule has 4 aliphatic rings. The Balaban J connectivity index is 1.61. The Bertz CT molecular complexity index is 316. The number of hydrazine groups is 2. The lowest BCUT2D eigenvalue weighted by Gasteiger charge is -2.59. The van der Waals surface area contributed by atoms with Crippen LogP contribution < -0.4 is 11.0 Å². The van der Waals surface area contributed by atoms with Crippen LogP contribution in [0.2, 0.25) is 0 Å². The number of hydrogen-bond acceptors (Lipinski definition) is 3. The summed E-state index contributed by atoms with van der Waals surface area (Å²) in [4.78, 5) is 0. The first-order valence-electron chi connectivity index (χ1n) is 10.1. The standard InChI is InChI=1S/C19H35N3/c1-4-10-18(11-5-1)12-8-3-9-17(18)22-19(15-16-20-21-22)13-6-2-7-14-19/h17,20-21H,1-16H2. The molecule has 1 unspecified atom stereocenters. The first-order chi connectivity index (χ1) is 10.8. The van der Waals surface area contributed by atoms with Crippen molar-refractivity contribution in [2.24, 2.45) is 5.41 Å². The molecule has 22 heavy (non-hydrogen) atoms. The maximum atomic E-state index is 3.70. The van der Waals surface area contributed by atoms with Crippen LogP contribution in [0.5, 0.6) is 0 Å². The summed E-state index contributed by atoms with van der Waals surface area (Å²) in [5.74, 6) is 0.